The van der Waals surface area contributed by atoms with Gasteiger partial charge in [0.2, 0.25) is 0 Å². The van der Waals surface area contributed by atoms with Crippen LogP contribution in [0.1, 0.15) is 105 Å². The first-order valence-electron chi connectivity index (χ1n) is 15.4. The number of esters is 3. The Kier molecular flexibility index (Phi) is 62.6. The van der Waals surface area contributed by atoms with Crippen LogP contribution >= 0.6 is 74.5 Å². The summed E-state index contributed by atoms with van der Waals surface area (Å²) in [4.78, 5) is 99.1. The van der Waals surface area contributed by atoms with Gasteiger partial charge < -0.3 is 29.5 Å². The number of unbranched alkanes of at least 4 members (excludes halogenated alkanes) is 5. The van der Waals surface area contributed by atoms with Crippen molar-refractivity contribution in [1.29, 1.82) is 0 Å². The Balaban J connectivity index is -0.000000160. The van der Waals surface area contributed by atoms with Gasteiger partial charge in [-0.2, -0.15) is 19.2 Å². The SMILES string of the molecule is CCOC(=O)C(CC)CCCCCC(C(=O)OCC)C(=O)OCC.II.I[I-]I.O=C(O)CCCCCCC(C(=O)O)C(=O)O.O=C=O.O=C=O. The zero-order valence-electron chi connectivity index (χ0n) is 28.9. The summed E-state index contributed by atoms with van der Waals surface area (Å²) in [6.07, 6.45) is 7.40. The van der Waals surface area contributed by atoms with Gasteiger partial charge in [0.05, 0.1) is 25.7 Å². The van der Waals surface area contributed by atoms with Gasteiger partial charge in [0, 0.05) is 43.7 Å². The van der Waals surface area contributed by atoms with Crippen molar-refractivity contribution in [1.82, 2.24) is 0 Å². The maximum atomic E-state index is 11.9. The molecule has 0 aromatic heterocycles. The fourth-order valence-electron chi connectivity index (χ4n) is 3.81. The third kappa shape index (κ3) is 49.2. The molecule has 0 saturated heterocycles. The van der Waals surface area contributed by atoms with Crippen molar-refractivity contribution in [2.75, 3.05) is 19.8 Å². The van der Waals surface area contributed by atoms with E-state index in [1.807, 2.05) is 6.92 Å². The Morgan fingerprint density at radius 2 is 0.882 bits per heavy atom. The Morgan fingerprint density at radius 3 is 1.22 bits per heavy atom. The van der Waals surface area contributed by atoms with E-state index in [-0.39, 0.29) is 50.2 Å². The van der Waals surface area contributed by atoms with Crippen molar-refractivity contribution < 1.29 is 90.7 Å². The molecule has 0 saturated carbocycles. The predicted molar refractivity (Wildman–Crippen MR) is 210 cm³/mol. The number of aliphatic carboxylic acids is 3. The van der Waals surface area contributed by atoms with E-state index in [0.29, 0.717) is 58.4 Å². The van der Waals surface area contributed by atoms with Crippen molar-refractivity contribution in [2.45, 2.75) is 105 Å². The first-order valence-corrected chi connectivity index (χ1v) is 34.2. The molecule has 1 atom stereocenters. The summed E-state index contributed by atoms with van der Waals surface area (Å²) in [7, 11) is 0. The first kappa shape index (κ1) is 62.2. The van der Waals surface area contributed by atoms with Crippen LogP contribution in [-0.4, -0.2) is 83.3 Å². The molecular weight excluding hydrogens is 1250 g/mol. The number of carbonyl (C=O) groups excluding carboxylic acids is 7. The van der Waals surface area contributed by atoms with Gasteiger partial charge in [-0.05, 0) is 52.9 Å². The molecule has 300 valence electrons. The number of ether oxygens (including phenoxy) is 3. The molecular formula is C30H48I5O16-. The summed E-state index contributed by atoms with van der Waals surface area (Å²) < 4.78 is 14.9. The van der Waals surface area contributed by atoms with Crippen LogP contribution < -0.4 is 13.3 Å². The molecule has 1 unspecified atom stereocenters. The van der Waals surface area contributed by atoms with E-state index in [1.165, 1.54) is 0 Å². The summed E-state index contributed by atoms with van der Waals surface area (Å²) in [5, 5.41) is 25.5. The number of halogens is 5. The van der Waals surface area contributed by atoms with Gasteiger partial charge in [-0.3, -0.25) is 28.8 Å². The van der Waals surface area contributed by atoms with Crippen LogP contribution in [0, 0.1) is 17.8 Å². The second kappa shape index (κ2) is 51.3. The monoisotopic (exact) mass is 1300 g/mol. The summed E-state index contributed by atoms with van der Waals surface area (Å²) in [6, 6.07) is 0. The molecule has 0 aromatic carbocycles. The summed E-state index contributed by atoms with van der Waals surface area (Å²) in [6.45, 7) is 8.07. The van der Waals surface area contributed by atoms with Crippen LogP contribution in [0.2, 0.25) is 0 Å². The molecule has 0 heterocycles. The van der Waals surface area contributed by atoms with E-state index >= 15 is 0 Å². The Hall–Kier alpha value is -0.770. The van der Waals surface area contributed by atoms with Crippen LogP contribution in [0.4, 0.5) is 0 Å². The first-order chi connectivity index (χ1) is 24.2. The van der Waals surface area contributed by atoms with E-state index in [4.69, 9.17) is 48.7 Å². The minimum atomic E-state index is -1.35. The van der Waals surface area contributed by atoms with E-state index in [9.17, 15) is 28.8 Å². The van der Waals surface area contributed by atoms with Gasteiger partial charge in [0.15, 0.2) is 11.8 Å². The molecule has 0 fully saturated rings. The van der Waals surface area contributed by atoms with Crippen molar-refractivity contribution in [2.24, 2.45) is 17.8 Å². The van der Waals surface area contributed by atoms with Crippen LogP contribution in [0.15, 0.2) is 0 Å². The molecule has 0 aliphatic carbocycles. The zero-order valence-corrected chi connectivity index (χ0v) is 39.7. The molecule has 0 rings (SSSR count). The third-order valence-corrected chi connectivity index (χ3v) is 6.03. The molecule has 0 spiro atoms. The van der Waals surface area contributed by atoms with Crippen molar-refractivity contribution in [3.63, 3.8) is 0 Å². The molecule has 51 heavy (non-hydrogen) atoms. The van der Waals surface area contributed by atoms with E-state index < -0.39 is 41.7 Å². The van der Waals surface area contributed by atoms with Crippen molar-refractivity contribution in [3.8, 4) is 0 Å². The van der Waals surface area contributed by atoms with E-state index in [0.717, 1.165) is 25.7 Å². The molecule has 3 N–H and O–H groups in total. The number of hydrogen-bond donors (Lipinski definition) is 3. The summed E-state index contributed by atoms with van der Waals surface area (Å²) in [5.74, 6) is -6.95. The molecule has 0 bridgehead atoms. The smallest absolute Gasteiger partial charge is 0.373 e. The Bertz CT molecular complexity index is 928. The average molecular weight is 1300 g/mol. The number of rotatable bonds is 22. The fraction of sp³-hybridized carbons (Fsp3) is 0.733. The fourth-order valence-corrected chi connectivity index (χ4v) is 3.81. The number of carboxylic acid groups (broad SMARTS) is 3. The summed E-state index contributed by atoms with van der Waals surface area (Å²) >= 11 is 9.54. The largest absolute Gasteiger partial charge is 0.481 e. The Labute approximate surface area is 351 Å². The van der Waals surface area contributed by atoms with Crippen LogP contribution in [-0.2, 0) is 62.2 Å². The number of hydrogen-bond acceptors (Lipinski definition) is 13. The number of carbonyl (C=O) groups is 6. The Morgan fingerprint density at radius 1 is 0.569 bits per heavy atom. The van der Waals surface area contributed by atoms with Gasteiger partial charge in [-0.15, -0.1) is 0 Å². The van der Waals surface area contributed by atoms with Gasteiger partial charge in [0.25, 0.3) is 0 Å². The van der Waals surface area contributed by atoms with Crippen LogP contribution in [0.5, 0.6) is 0 Å². The van der Waals surface area contributed by atoms with Gasteiger partial charge in [0.1, 0.15) is 0 Å². The molecule has 0 aliphatic heterocycles. The van der Waals surface area contributed by atoms with Crippen molar-refractivity contribution >= 4 is 123 Å². The second-order valence-electron chi connectivity index (χ2n) is 9.35. The molecule has 16 nitrogen and oxygen atoms in total. The van der Waals surface area contributed by atoms with Gasteiger partial charge >= 0.3 is 98.6 Å². The molecule has 0 radical (unpaired) electrons. The van der Waals surface area contributed by atoms with E-state index in [1.54, 1.807) is 20.8 Å². The summed E-state index contributed by atoms with van der Waals surface area (Å²) in [5.41, 5.74) is 0. The molecule has 0 aromatic rings. The van der Waals surface area contributed by atoms with Crippen LogP contribution in [0.25, 0.3) is 0 Å². The predicted octanol–water partition coefficient (Wildman–Crippen LogP) is 3.85. The van der Waals surface area contributed by atoms with Crippen molar-refractivity contribution in [3.05, 3.63) is 0 Å². The van der Waals surface area contributed by atoms with Crippen LogP contribution in [0.3, 0.4) is 0 Å². The number of carboxylic acids is 3. The quantitative estimate of drug-likeness (QED) is 0.0457. The maximum Gasteiger partial charge on any atom is 0.373 e. The minimum absolute atomic E-state index is 0.0733. The van der Waals surface area contributed by atoms with Gasteiger partial charge in [-0.25, -0.2) is 0 Å². The minimum Gasteiger partial charge on any atom is -0.481 e. The molecule has 0 amide bonds. The normalized spacial score (nSPS) is 9.69. The van der Waals surface area contributed by atoms with E-state index in [2.05, 4.69) is 74.5 Å². The standard InChI is InChI=1S/C18H32O6.C10H16O6.2CO2.I3.I2/c1-5-14(16(19)22-6-2)12-10-9-11-13-15(17(20)23-7-3)18(21)24-8-4;11-8(12)6-4-2-1-3-5-7(9(13)14)10(15)16;2*2-1-3;1-3-2;1-2/h14-15H,5-13H2,1-4H3;7H,1-6H2,(H,11,12)(H,13,14)(H,15,16);;;;/q;;;;-1;. The molecule has 0 aliphatic rings. The topological polar surface area (TPSA) is 259 Å². The average Bonchev–Trinajstić information content (AvgIpc) is 3.06. The molecule has 21 heteroatoms. The maximum absolute atomic E-state index is 11.9. The second-order valence-corrected chi connectivity index (χ2v) is 25.6. The zero-order chi connectivity index (χ0) is 41.0. The third-order valence-electron chi connectivity index (χ3n) is 6.03. The van der Waals surface area contributed by atoms with Gasteiger partial charge in [-0.1, -0.05) is 45.4 Å².